The van der Waals surface area contributed by atoms with Crippen molar-refractivity contribution in [3.63, 3.8) is 0 Å². The molecule has 2 aliphatic rings. The number of hydrogen-bond donors (Lipinski definition) is 0. The van der Waals surface area contributed by atoms with Crippen molar-refractivity contribution >= 4 is 23.6 Å². The van der Waals surface area contributed by atoms with Crippen molar-refractivity contribution < 1.29 is 18.4 Å². The number of carbonyl (C=O) groups is 2. The number of hydrogen-bond acceptors (Lipinski definition) is 3. The van der Waals surface area contributed by atoms with E-state index in [2.05, 4.69) is 0 Å². The lowest BCUT2D eigenvalue weighted by Crippen LogP contribution is -2.50. The number of likely N-dealkylation sites (tertiary alicyclic amines) is 2. The monoisotopic (exact) mass is 382 g/mol. The molecular weight excluding hydrogens is 358 g/mol. The molecule has 7 heteroatoms. The minimum atomic E-state index is -0.895. The van der Waals surface area contributed by atoms with Gasteiger partial charge in [-0.2, -0.15) is 11.8 Å². The van der Waals surface area contributed by atoms with E-state index >= 15 is 0 Å². The Kier molecular flexibility index (Phi) is 5.85. The molecule has 0 aliphatic carbocycles. The van der Waals surface area contributed by atoms with Gasteiger partial charge in [0.15, 0.2) is 11.6 Å². The van der Waals surface area contributed by atoms with Crippen molar-refractivity contribution in [2.45, 2.75) is 32.2 Å². The first-order valence-corrected chi connectivity index (χ1v) is 10.4. The van der Waals surface area contributed by atoms with Gasteiger partial charge in [0.2, 0.25) is 11.8 Å². The number of nitrogens with zero attached hydrogens (tertiary/aromatic N) is 2. The van der Waals surface area contributed by atoms with Gasteiger partial charge in [-0.05, 0) is 31.6 Å². The van der Waals surface area contributed by atoms with Crippen LogP contribution in [0.1, 0.15) is 31.2 Å². The van der Waals surface area contributed by atoms with E-state index in [-0.39, 0.29) is 23.9 Å². The van der Waals surface area contributed by atoms with Gasteiger partial charge in [-0.1, -0.05) is 12.1 Å². The van der Waals surface area contributed by atoms with E-state index in [1.807, 2.05) is 6.26 Å². The molecule has 2 fully saturated rings. The predicted molar refractivity (Wildman–Crippen MR) is 97.6 cm³/mol. The molecule has 26 heavy (non-hydrogen) atoms. The van der Waals surface area contributed by atoms with E-state index in [1.165, 1.54) is 12.1 Å². The lowest BCUT2D eigenvalue weighted by molar-refractivity contribution is -0.146. The highest BCUT2D eigenvalue weighted by Crippen LogP contribution is 2.40. The first-order valence-electron chi connectivity index (χ1n) is 8.96. The Morgan fingerprint density at radius 1 is 1.27 bits per heavy atom. The van der Waals surface area contributed by atoms with Gasteiger partial charge in [-0.15, -0.1) is 0 Å². The van der Waals surface area contributed by atoms with E-state index in [9.17, 15) is 18.4 Å². The lowest BCUT2D eigenvalue weighted by Gasteiger charge is -2.39. The van der Waals surface area contributed by atoms with Gasteiger partial charge in [0.05, 0.1) is 5.41 Å². The standard InChI is InChI=1S/C19H24F2N2O2S/c1-26-11-6-16(24)23-10-8-19(13-23)7-3-9-22(18(19)25)12-14-4-2-5-15(20)17(14)21/h2,4-5H,3,6-13H2,1H3. The Labute approximate surface area is 156 Å². The van der Waals surface area contributed by atoms with E-state index in [1.54, 1.807) is 21.6 Å². The fourth-order valence-corrected chi connectivity index (χ4v) is 4.37. The molecule has 1 aromatic rings. The van der Waals surface area contributed by atoms with Crippen LogP contribution in [0.5, 0.6) is 0 Å². The molecular formula is C19H24F2N2O2S. The number of piperidine rings is 1. The summed E-state index contributed by atoms with van der Waals surface area (Å²) >= 11 is 1.63. The van der Waals surface area contributed by atoms with Crippen molar-refractivity contribution in [1.29, 1.82) is 0 Å². The van der Waals surface area contributed by atoms with Crippen LogP contribution in [0.25, 0.3) is 0 Å². The maximum absolute atomic E-state index is 14.0. The summed E-state index contributed by atoms with van der Waals surface area (Å²) in [5.74, 6) is -0.945. The summed E-state index contributed by atoms with van der Waals surface area (Å²) in [5, 5.41) is 0. The molecule has 3 rings (SSSR count). The van der Waals surface area contributed by atoms with Crippen molar-refractivity contribution in [3.8, 4) is 0 Å². The van der Waals surface area contributed by atoms with E-state index in [4.69, 9.17) is 0 Å². The summed E-state index contributed by atoms with van der Waals surface area (Å²) < 4.78 is 27.4. The van der Waals surface area contributed by atoms with E-state index in [0.717, 1.165) is 24.7 Å². The quantitative estimate of drug-likeness (QED) is 0.786. The van der Waals surface area contributed by atoms with E-state index < -0.39 is 17.0 Å². The summed E-state index contributed by atoms with van der Waals surface area (Å²) in [6.45, 7) is 1.66. The molecule has 0 radical (unpaired) electrons. The molecule has 2 amide bonds. The molecule has 0 aromatic heterocycles. The van der Waals surface area contributed by atoms with Crippen LogP contribution in [0, 0.1) is 17.0 Å². The molecule has 0 N–H and O–H groups in total. The Bertz CT molecular complexity index is 700. The number of benzene rings is 1. The molecule has 1 spiro atoms. The van der Waals surface area contributed by atoms with Crippen molar-refractivity contribution in [3.05, 3.63) is 35.4 Å². The van der Waals surface area contributed by atoms with Gasteiger partial charge in [-0.25, -0.2) is 8.78 Å². The van der Waals surface area contributed by atoms with Crippen molar-refractivity contribution in [2.75, 3.05) is 31.6 Å². The van der Waals surface area contributed by atoms with Gasteiger partial charge in [-0.3, -0.25) is 9.59 Å². The van der Waals surface area contributed by atoms with Gasteiger partial charge in [0.1, 0.15) is 0 Å². The third-order valence-corrected chi connectivity index (χ3v) is 6.06. The first kappa shape index (κ1) is 19.1. The predicted octanol–water partition coefficient (Wildman–Crippen LogP) is 3.06. The van der Waals surface area contributed by atoms with Crippen LogP contribution in [-0.4, -0.2) is 53.3 Å². The highest BCUT2D eigenvalue weighted by atomic mass is 32.2. The molecule has 142 valence electrons. The molecule has 1 atom stereocenters. The maximum Gasteiger partial charge on any atom is 0.230 e. The van der Waals surface area contributed by atoms with E-state index in [0.29, 0.717) is 32.5 Å². The smallest absolute Gasteiger partial charge is 0.230 e. The Morgan fingerprint density at radius 3 is 2.85 bits per heavy atom. The summed E-state index contributed by atoms with van der Waals surface area (Å²) in [6.07, 6.45) is 4.67. The molecule has 2 heterocycles. The molecule has 2 saturated heterocycles. The van der Waals surface area contributed by atoms with Crippen LogP contribution in [0.15, 0.2) is 18.2 Å². The van der Waals surface area contributed by atoms with Crippen LogP contribution in [-0.2, 0) is 16.1 Å². The number of rotatable bonds is 5. The molecule has 1 aromatic carbocycles. The summed E-state index contributed by atoms with van der Waals surface area (Å²) in [7, 11) is 0. The van der Waals surface area contributed by atoms with Crippen LogP contribution >= 0.6 is 11.8 Å². The van der Waals surface area contributed by atoms with Crippen LogP contribution in [0.3, 0.4) is 0 Å². The van der Waals surface area contributed by atoms with Crippen LogP contribution in [0.2, 0.25) is 0 Å². The highest BCUT2D eigenvalue weighted by molar-refractivity contribution is 7.98. The Hall–Kier alpha value is -1.63. The summed E-state index contributed by atoms with van der Waals surface area (Å²) in [4.78, 5) is 28.8. The number of halogens is 2. The molecule has 0 bridgehead atoms. The maximum atomic E-state index is 14.0. The Balaban J connectivity index is 1.70. The number of thioether (sulfide) groups is 1. The zero-order chi connectivity index (χ0) is 18.7. The molecule has 4 nitrogen and oxygen atoms in total. The van der Waals surface area contributed by atoms with Crippen LogP contribution < -0.4 is 0 Å². The molecule has 0 saturated carbocycles. The minimum Gasteiger partial charge on any atom is -0.342 e. The van der Waals surface area contributed by atoms with Gasteiger partial charge < -0.3 is 9.80 Å². The zero-order valence-corrected chi connectivity index (χ0v) is 15.8. The first-order chi connectivity index (χ1) is 12.5. The lowest BCUT2D eigenvalue weighted by atomic mass is 9.78. The second kappa shape index (κ2) is 7.94. The highest BCUT2D eigenvalue weighted by Gasteiger charge is 2.49. The average Bonchev–Trinajstić information content (AvgIpc) is 3.06. The Morgan fingerprint density at radius 2 is 2.08 bits per heavy atom. The zero-order valence-electron chi connectivity index (χ0n) is 15.0. The second-order valence-corrected chi connectivity index (χ2v) is 8.12. The summed E-state index contributed by atoms with van der Waals surface area (Å²) in [5.41, 5.74) is -0.363. The second-order valence-electron chi connectivity index (χ2n) is 7.13. The fourth-order valence-electron chi connectivity index (χ4n) is 3.99. The van der Waals surface area contributed by atoms with Crippen molar-refractivity contribution in [2.24, 2.45) is 5.41 Å². The van der Waals surface area contributed by atoms with Gasteiger partial charge in [0, 0.05) is 43.9 Å². The third-order valence-electron chi connectivity index (χ3n) is 5.44. The van der Waals surface area contributed by atoms with Crippen LogP contribution in [0.4, 0.5) is 8.78 Å². The minimum absolute atomic E-state index is 0.0347. The molecule has 1 unspecified atom stereocenters. The third kappa shape index (κ3) is 3.72. The topological polar surface area (TPSA) is 40.6 Å². The van der Waals surface area contributed by atoms with Crippen molar-refractivity contribution in [1.82, 2.24) is 9.80 Å². The largest absolute Gasteiger partial charge is 0.342 e. The summed E-state index contributed by atoms with van der Waals surface area (Å²) in [6, 6.07) is 4.05. The normalized spacial score (nSPS) is 23.1. The number of carbonyl (C=O) groups excluding carboxylic acids is 2. The molecule has 2 aliphatic heterocycles. The van der Waals surface area contributed by atoms with Gasteiger partial charge in [0.25, 0.3) is 0 Å². The SMILES string of the molecule is CSCCC(=O)N1CCC2(CCCN(Cc3cccc(F)c3F)C2=O)C1. The number of amides is 2. The fraction of sp³-hybridized carbons (Fsp3) is 0.579. The van der Waals surface area contributed by atoms with Gasteiger partial charge >= 0.3 is 0 Å². The average molecular weight is 382 g/mol.